The number of nitrogens with zero attached hydrogens (tertiary/aromatic N) is 1. The molecule has 2 N–H and O–H groups in total. The third-order valence-electron chi connectivity index (χ3n) is 3.57. The summed E-state index contributed by atoms with van der Waals surface area (Å²) >= 11 is 3.57. The Bertz CT molecular complexity index is 571. The summed E-state index contributed by atoms with van der Waals surface area (Å²) in [5.74, 6) is 2.22. The van der Waals surface area contributed by atoms with Crippen molar-refractivity contribution >= 4 is 45.9 Å². The molecule has 2 rings (SSSR count). The molecule has 0 fully saturated rings. The first-order valence-electron chi connectivity index (χ1n) is 7.20. The fourth-order valence-electron chi connectivity index (χ4n) is 2.33. The maximum Gasteiger partial charge on any atom is 0.191 e. The molecule has 1 aromatic rings. The second-order valence-electron chi connectivity index (χ2n) is 5.01. The first-order valence-corrected chi connectivity index (χ1v) is 7.99. The van der Waals surface area contributed by atoms with Gasteiger partial charge in [0.25, 0.3) is 0 Å². The first-order chi connectivity index (χ1) is 10.7. The zero-order chi connectivity index (χ0) is 15.9. The molecule has 1 aromatic carbocycles. The van der Waals surface area contributed by atoms with Crippen molar-refractivity contribution < 1.29 is 9.47 Å². The van der Waals surface area contributed by atoms with Gasteiger partial charge >= 0.3 is 0 Å². The molecule has 23 heavy (non-hydrogen) atoms. The standard InChI is InChI=1S/C16H22BrN3O2.HI/c1-18-16(20-12-6-4-5-7-12)19-10-11-8-14(21-2)15(22-3)9-13(11)17;/h4-5,8-9,12H,6-7,10H2,1-3H3,(H2,18,19,20);1H. The van der Waals surface area contributed by atoms with Crippen LogP contribution in [0.15, 0.2) is 33.7 Å². The highest BCUT2D eigenvalue weighted by molar-refractivity contribution is 14.0. The molecule has 0 saturated carbocycles. The van der Waals surface area contributed by atoms with Gasteiger partial charge < -0.3 is 20.1 Å². The lowest BCUT2D eigenvalue weighted by molar-refractivity contribution is 0.354. The number of hydrogen-bond donors (Lipinski definition) is 2. The van der Waals surface area contributed by atoms with E-state index in [2.05, 4.69) is 43.7 Å². The molecule has 0 saturated heterocycles. The molecule has 128 valence electrons. The summed E-state index contributed by atoms with van der Waals surface area (Å²) in [5.41, 5.74) is 1.07. The van der Waals surface area contributed by atoms with Gasteiger partial charge in [0.15, 0.2) is 17.5 Å². The van der Waals surface area contributed by atoms with E-state index in [0.29, 0.717) is 24.1 Å². The molecule has 1 aliphatic carbocycles. The fraction of sp³-hybridized carbons (Fsp3) is 0.438. The molecule has 0 heterocycles. The largest absolute Gasteiger partial charge is 0.493 e. The monoisotopic (exact) mass is 495 g/mol. The molecule has 5 nitrogen and oxygen atoms in total. The zero-order valence-electron chi connectivity index (χ0n) is 13.6. The Balaban J connectivity index is 0.00000264. The maximum atomic E-state index is 5.34. The van der Waals surface area contributed by atoms with Gasteiger partial charge in [-0.25, -0.2) is 0 Å². The number of benzene rings is 1. The van der Waals surface area contributed by atoms with Crippen LogP contribution in [-0.4, -0.2) is 33.3 Å². The van der Waals surface area contributed by atoms with Gasteiger partial charge in [-0.15, -0.1) is 24.0 Å². The number of hydrogen-bond acceptors (Lipinski definition) is 3. The summed E-state index contributed by atoms with van der Waals surface area (Å²) < 4.78 is 11.6. The molecule has 1 aliphatic rings. The van der Waals surface area contributed by atoms with Crippen molar-refractivity contribution in [3.8, 4) is 11.5 Å². The average Bonchev–Trinajstić information content (AvgIpc) is 3.04. The molecule has 0 spiro atoms. The number of guanidine groups is 1. The highest BCUT2D eigenvalue weighted by Crippen LogP contribution is 2.33. The van der Waals surface area contributed by atoms with Crippen molar-refractivity contribution in [2.45, 2.75) is 25.4 Å². The van der Waals surface area contributed by atoms with Crippen LogP contribution in [0.4, 0.5) is 0 Å². The van der Waals surface area contributed by atoms with E-state index in [1.54, 1.807) is 21.3 Å². The summed E-state index contributed by atoms with van der Waals surface area (Å²) in [6.45, 7) is 0.640. The van der Waals surface area contributed by atoms with Crippen molar-refractivity contribution in [1.82, 2.24) is 10.6 Å². The van der Waals surface area contributed by atoms with Crippen LogP contribution in [0, 0.1) is 0 Å². The predicted molar refractivity (Wildman–Crippen MR) is 108 cm³/mol. The summed E-state index contributed by atoms with van der Waals surface area (Å²) in [6, 6.07) is 4.30. The van der Waals surface area contributed by atoms with Gasteiger partial charge in [0.1, 0.15) is 0 Å². The van der Waals surface area contributed by atoms with E-state index in [1.165, 1.54) is 0 Å². The smallest absolute Gasteiger partial charge is 0.191 e. The average molecular weight is 496 g/mol. The number of rotatable bonds is 5. The predicted octanol–water partition coefficient (Wildman–Crippen LogP) is 3.47. The fourth-order valence-corrected chi connectivity index (χ4v) is 2.80. The second kappa shape index (κ2) is 10.0. The van der Waals surface area contributed by atoms with E-state index >= 15 is 0 Å². The molecule has 0 amide bonds. The molecule has 0 aromatic heterocycles. The summed E-state index contributed by atoms with van der Waals surface area (Å²) in [4.78, 5) is 4.27. The summed E-state index contributed by atoms with van der Waals surface area (Å²) in [6.07, 6.45) is 6.47. The molecular weight excluding hydrogens is 473 g/mol. The van der Waals surface area contributed by atoms with E-state index in [1.807, 2.05) is 12.1 Å². The molecule has 0 atom stereocenters. The Morgan fingerprint density at radius 1 is 1.22 bits per heavy atom. The van der Waals surface area contributed by atoms with Crippen molar-refractivity contribution in [1.29, 1.82) is 0 Å². The minimum absolute atomic E-state index is 0. The lowest BCUT2D eigenvalue weighted by atomic mass is 10.2. The van der Waals surface area contributed by atoms with Gasteiger partial charge in [0.2, 0.25) is 0 Å². The minimum atomic E-state index is 0. The first kappa shape index (κ1) is 20.1. The Kier molecular flexibility index (Phi) is 8.75. The van der Waals surface area contributed by atoms with Crippen molar-refractivity contribution in [2.24, 2.45) is 4.99 Å². The molecule has 0 bridgehead atoms. The van der Waals surface area contributed by atoms with Gasteiger partial charge in [-0.3, -0.25) is 4.99 Å². The topological polar surface area (TPSA) is 54.9 Å². The van der Waals surface area contributed by atoms with Crippen LogP contribution in [0.25, 0.3) is 0 Å². The van der Waals surface area contributed by atoms with E-state index in [0.717, 1.165) is 28.8 Å². The number of ether oxygens (including phenoxy) is 2. The van der Waals surface area contributed by atoms with Gasteiger partial charge in [0, 0.05) is 24.1 Å². The molecule has 0 unspecified atom stereocenters. The Morgan fingerprint density at radius 3 is 2.39 bits per heavy atom. The minimum Gasteiger partial charge on any atom is -0.493 e. The van der Waals surface area contributed by atoms with E-state index < -0.39 is 0 Å². The summed E-state index contributed by atoms with van der Waals surface area (Å²) in [5, 5.41) is 6.74. The Labute approximate surface area is 163 Å². The third-order valence-corrected chi connectivity index (χ3v) is 4.31. The third kappa shape index (κ3) is 5.56. The normalized spacial score (nSPS) is 14.3. The Hall–Kier alpha value is -0.960. The van der Waals surface area contributed by atoms with Gasteiger partial charge in [-0.1, -0.05) is 28.1 Å². The molecule has 0 aliphatic heterocycles. The van der Waals surface area contributed by atoms with Crippen LogP contribution in [0.2, 0.25) is 0 Å². The molecular formula is C16H23BrIN3O2. The lowest BCUT2D eigenvalue weighted by Gasteiger charge is -2.18. The SMILES string of the molecule is CN=C(NCc1cc(OC)c(OC)cc1Br)NC1CC=CC1.I. The maximum absolute atomic E-state index is 5.34. The Morgan fingerprint density at radius 2 is 1.83 bits per heavy atom. The van der Waals surface area contributed by atoms with Crippen LogP contribution in [0.3, 0.4) is 0 Å². The number of methoxy groups -OCH3 is 2. The molecule has 7 heteroatoms. The number of halogens is 2. The summed E-state index contributed by atoms with van der Waals surface area (Å²) in [7, 11) is 5.04. The van der Waals surface area contributed by atoms with Crippen molar-refractivity contribution in [3.05, 3.63) is 34.3 Å². The number of aliphatic imine (C=N–C) groups is 1. The van der Waals surface area contributed by atoms with Crippen LogP contribution in [-0.2, 0) is 6.54 Å². The van der Waals surface area contributed by atoms with E-state index in [4.69, 9.17) is 9.47 Å². The van der Waals surface area contributed by atoms with Gasteiger partial charge in [-0.2, -0.15) is 0 Å². The lowest BCUT2D eigenvalue weighted by Crippen LogP contribution is -2.42. The highest BCUT2D eigenvalue weighted by Gasteiger charge is 2.13. The van der Waals surface area contributed by atoms with E-state index in [9.17, 15) is 0 Å². The highest BCUT2D eigenvalue weighted by atomic mass is 127. The number of nitrogens with one attached hydrogen (secondary N) is 2. The van der Waals surface area contributed by atoms with E-state index in [-0.39, 0.29) is 24.0 Å². The van der Waals surface area contributed by atoms with Crippen LogP contribution >= 0.6 is 39.9 Å². The van der Waals surface area contributed by atoms with Crippen LogP contribution in [0.1, 0.15) is 18.4 Å². The zero-order valence-corrected chi connectivity index (χ0v) is 17.5. The van der Waals surface area contributed by atoms with Crippen molar-refractivity contribution in [2.75, 3.05) is 21.3 Å². The van der Waals surface area contributed by atoms with Gasteiger partial charge in [0.05, 0.1) is 14.2 Å². The molecule has 0 radical (unpaired) electrons. The van der Waals surface area contributed by atoms with Gasteiger partial charge in [-0.05, 0) is 30.5 Å². The second-order valence-corrected chi connectivity index (χ2v) is 5.86. The van der Waals surface area contributed by atoms with Crippen molar-refractivity contribution in [3.63, 3.8) is 0 Å². The quantitative estimate of drug-likeness (QED) is 0.284. The van der Waals surface area contributed by atoms with Crippen LogP contribution < -0.4 is 20.1 Å². The van der Waals surface area contributed by atoms with Crippen LogP contribution in [0.5, 0.6) is 11.5 Å².